The molecule has 2 aromatic rings. The van der Waals surface area contributed by atoms with Gasteiger partial charge in [0, 0.05) is 8.96 Å². The molecule has 0 atom stereocenters. The van der Waals surface area contributed by atoms with Gasteiger partial charge in [-0.2, -0.15) is 0 Å². The van der Waals surface area contributed by atoms with Gasteiger partial charge in [0.2, 0.25) is 0 Å². The van der Waals surface area contributed by atoms with Crippen molar-refractivity contribution in [2.24, 2.45) is 0 Å². The molecule has 0 aliphatic carbocycles. The fourth-order valence-corrected chi connectivity index (χ4v) is 2.17. The van der Waals surface area contributed by atoms with Crippen LogP contribution >= 0.6 is 22.6 Å². The third kappa shape index (κ3) is 2.52. The van der Waals surface area contributed by atoms with Crippen LogP contribution in [0.1, 0.15) is 17.3 Å². The topological polar surface area (TPSA) is 46.5 Å². The maximum atomic E-state index is 11.6. The number of esters is 1. The van der Waals surface area contributed by atoms with E-state index in [9.17, 15) is 9.90 Å². The van der Waals surface area contributed by atoms with Crippen LogP contribution in [0.25, 0.3) is 10.8 Å². The maximum Gasteiger partial charge on any atom is 0.338 e. The normalized spacial score (nSPS) is 10.5. The fraction of sp³-hybridized carbons (Fsp3) is 0.154. The van der Waals surface area contributed by atoms with Gasteiger partial charge in [-0.1, -0.05) is 0 Å². The first-order valence-electron chi connectivity index (χ1n) is 5.21. The number of carbonyl (C=O) groups excluding carboxylic acids is 1. The average molecular weight is 342 g/mol. The lowest BCUT2D eigenvalue weighted by Crippen LogP contribution is -2.04. The third-order valence-corrected chi connectivity index (χ3v) is 3.07. The van der Waals surface area contributed by atoms with Crippen molar-refractivity contribution in [3.05, 3.63) is 39.5 Å². The van der Waals surface area contributed by atoms with Gasteiger partial charge < -0.3 is 9.84 Å². The first kappa shape index (κ1) is 12.2. The van der Waals surface area contributed by atoms with E-state index in [0.717, 1.165) is 14.3 Å². The summed E-state index contributed by atoms with van der Waals surface area (Å²) in [5, 5.41) is 11.4. The molecule has 0 saturated heterocycles. The molecule has 0 radical (unpaired) electrons. The van der Waals surface area contributed by atoms with Crippen LogP contribution in [-0.4, -0.2) is 17.7 Å². The number of aromatic hydroxyl groups is 1. The summed E-state index contributed by atoms with van der Waals surface area (Å²) in [4.78, 5) is 11.6. The molecule has 0 fully saturated rings. The van der Waals surface area contributed by atoms with Crippen LogP contribution < -0.4 is 0 Å². The number of phenols is 1. The van der Waals surface area contributed by atoms with Crippen molar-refractivity contribution >= 4 is 39.3 Å². The van der Waals surface area contributed by atoms with Crippen molar-refractivity contribution in [3.63, 3.8) is 0 Å². The SMILES string of the molecule is CCOC(=O)c1cc(O)c2ccc(I)cc2c1. The number of hydrogen-bond donors (Lipinski definition) is 1. The highest BCUT2D eigenvalue weighted by Crippen LogP contribution is 2.28. The van der Waals surface area contributed by atoms with E-state index in [1.54, 1.807) is 13.0 Å². The Morgan fingerprint density at radius 3 is 2.82 bits per heavy atom. The van der Waals surface area contributed by atoms with Crippen molar-refractivity contribution < 1.29 is 14.6 Å². The van der Waals surface area contributed by atoms with Crippen LogP contribution in [0.2, 0.25) is 0 Å². The number of fused-ring (bicyclic) bond motifs is 1. The van der Waals surface area contributed by atoms with E-state index in [4.69, 9.17) is 4.74 Å². The number of ether oxygens (including phenoxy) is 1. The molecule has 17 heavy (non-hydrogen) atoms. The number of hydrogen-bond acceptors (Lipinski definition) is 3. The Bertz CT molecular complexity index is 578. The summed E-state index contributed by atoms with van der Waals surface area (Å²) in [6.07, 6.45) is 0. The summed E-state index contributed by atoms with van der Waals surface area (Å²) in [7, 11) is 0. The molecule has 0 amide bonds. The molecule has 0 aliphatic rings. The molecular formula is C13H11IO3. The summed E-state index contributed by atoms with van der Waals surface area (Å²) < 4.78 is 5.96. The molecule has 0 aromatic heterocycles. The minimum absolute atomic E-state index is 0.0990. The Kier molecular flexibility index (Phi) is 3.51. The molecule has 1 N–H and O–H groups in total. The maximum absolute atomic E-state index is 11.6. The van der Waals surface area contributed by atoms with Gasteiger partial charge in [-0.3, -0.25) is 0 Å². The standard InChI is InChI=1S/C13H11IO3/c1-2-17-13(16)9-5-8-6-10(14)3-4-11(8)12(15)7-9/h3-7,15H,2H2,1H3. The van der Waals surface area contributed by atoms with Crippen LogP contribution in [0.5, 0.6) is 5.75 Å². The Morgan fingerprint density at radius 1 is 1.35 bits per heavy atom. The highest BCUT2D eigenvalue weighted by molar-refractivity contribution is 14.1. The van der Waals surface area contributed by atoms with E-state index in [0.29, 0.717) is 12.2 Å². The van der Waals surface area contributed by atoms with Crippen LogP contribution in [0.15, 0.2) is 30.3 Å². The zero-order valence-electron chi connectivity index (χ0n) is 9.24. The van der Waals surface area contributed by atoms with Crippen molar-refractivity contribution in [1.82, 2.24) is 0 Å². The zero-order valence-corrected chi connectivity index (χ0v) is 11.4. The van der Waals surface area contributed by atoms with Crippen molar-refractivity contribution in [2.45, 2.75) is 6.92 Å². The predicted octanol–water partition coefficient (Wildman–Crippen LogP) is 3.33. The van der Waals surface area contributed by atoms with Gasteiger partial charge >= 0.3 is 5.97 Å². The Balaban J connectivity index is 2.57. The van der Waals surface area contributed by atoms with Crippen molar-refractivity contribution in [1.29, 1.82) is 0 Å². The lowest BCUT2D eigenvalue weighted by Gasteiger charge is -2.06. The summed E-state index contributed by atoms with van der Waals surface area (Å²) in [5.74, 6) is -0.314. The molecule has 0 aliphatic heterocycles. The van der Waals surface area contributed by atoms with E-state index in [-0.39, 0.29) is 5.75 Å². The van der Waals surface area contributed by atoms with Crippen LogP contribution in [0.4, 0.5) is 0 Å². The predicted molar refractivity (Wildman–Crippen MR) is 74.3 cm³/mol. The lowest BCUT2D eigenvalue weighted by molar-refractivity contribution is 0.0526. The van der Waals surface area contributed by atoms with Crippen LogP contribution in [-0.2, 0) is 4.74 Å². The van der Waals surface area contributed by atoms with Gasteiger partial charge in [0.05, 0.1) is 12.2 Å². The van der Waals surface area contributed by atoms with Gasteiger partial charge in [0.25, 0.3) is 0 Å². The van der Waals surface area contributed by atoms with Gasteiger partial charge in [-0.05, 0) is 65.2 Å². The molecule has 0 heterocycles. The minimum Gasteiger partial charge on any atom is -0.507 e. The van der Waals surface area contributed by atoms with Crippen molar-refractivity contribution in [3.8, 4) is 5.75 Å². The average Bonchev–Trinajstić information content (AvgIpc) is 2.28. The van der Waals surface area contributed by atoms with Crippen molar-refractivity contribution in [2.75, 3.05) is 6.61 Å². The highest BCUT2D eigenvalue weighted by Gasteiger charge is 2.10. The molecule has 2 rings (SSSR count). The quantitative estimate of drug-likeness (QED) is 0.673. The smallest absolute Gasteiger partial charge is 0.338 e. The molecule has 0 saturated carbocycles. The number of benzene rings is 2. The van der Waals surface area contributed by atoms with Gasteiger partial charge in [-0.15, -0.1) is 0 Å². The molecule has 0 spiro atoms. The van der Waals surface area contributed by atoms with Crippen LogP contribution in [0, 0.1) is 3.57 Å². The zero-order chi connectivity index (χ0) is 12.4. The number of halogens is 1. The minimum atomic E-state index is -0.413. The molecule has 2 aromatic carbocycles. The van der Waals surface area contributed by atoms with E-state index in [1.807, 2.05) is 18.2 Å². The molecule has 0 bridgehead atoms. The molecule has 3 nitrogen and oxygen atoms in total. The fourth-order valence-electron chi connectivity index (χ4n) is 1.65. The van der Waals surface area contributed by atoms with Gasteiger partial charge in [-0.25, -0.2) is 4.79 Å². The second-order valence-electron chi connectivity index (χ2n) is 3.58. The van der Waals surface area contributed by atoms with E-state index in [1.165, 1.54) is 6.07 Å². The van der Waals surface area contributed by atoms with Gasteiger partial charge in [0.1, 0.15) is 5.75 Å². The van der Waals surface area contributed by atoms with E-state index >= 15 is 0 Å². The molecule has 88 valence electrons. The number of carbonyl (C=O) groups is 1. The largest absolute Gasteiger partial charge is 0.507 e. The summed E-state index contributed by atoms with van der Waals surface area (Å²) >= 11 is 2.19. The molecule has 0 unspecified atom stereocenters. The first-order chi connectivity index (χ1) is 8.11. The first-order valence-corrected chi connectivity index (χ1v) is 6.29. The van der Waals surface area contributed by atoms with E-state index in [2.05, 4.69) is 22.6 Å². The summed E-state index contributed by atoms with van der Waals surface area (Å²) in [5.41, 5.74) is 0.374. The van der Waals surface area contributed by atoms with Crippen LogP contribution in [0.3, 0.4) is 0 Å². The monoisotopic (exact) mass is 342 g/mol. The number of phenolic OH excluding ortho intramolecular Hbond substituents is 1. The van der Waals surface area contributed by atoms with Gasteiger partial charge in [0.15, 0.2) is 0 Å². The second kappa shape index (κ2) is 4.91. The van der Waals surface area contributed by atoms with E-state index < -0.39 is 5.97 Å². The Labute approximate surface area is 113 Å². The molecule has 4 heteroatoms. The lowest BCUT2D eigenvalue weighted by atomic mass is 10.1. The third-order valence-electron chi connectivity index (χ3n) is 2.40. The molecular weight excluding hydrogens is 331 g/mol. The summed E-state index contributed by atoms with van der Waals surface area (Å²) in [6.45, 7) is 2.08. The highest BCUT2D eigenvalue weighted by atomic mass is 127. The second-order valence-corrected chi connectivity index (χ2v) is 4.83. The Hall–Kier alpha value is -1.30. The summed E-state index contributed by atoms with van der Waals surface area (Å²) in [6, 6.07) is 8.83. The number of rotatable bonds is 2. The Morgan fingerprint density at radius 2 is 2.12 bits per heavy atom.